The molecule has 0 radical (unpaired) electrons. The van der Waals surface area contributed by atoms with Crippen LogP contribution in [0.2, 0.25) is 0 Å². The second kappa shape index (κ2) is 6.79. The van der Waals surface area contributed by atoms with E-state index in [0.29, 0.717) is 11.4 Å². The predicted octanol–water partition coefficient (Wildman–Crippen LogP) is 2.81. The zero-order valence-corrected chi connectivity index (χ0v) is 11.3. The fraction of sp³-hybridized carbons (Fsp3) is 0.333. The number of halogens is 1. The Morgan fingerprint density at radius 1 is 1.29 bits per heavy atom. The normalized spacial score (nSPS) is 12.1. The first kappa shape index (κ1) is 14.2. The lowest BCUT2D eigenvalue weighted by atomic mass is 10.2. The van der Waals surface area contributed by atoms with E-state index in [-0.39, 0.29) is 0 Å². The summed E-state index contributed by atoms with van der Waals surface area (Å²) >= 11 is 5.36. The van der Waals surface area contributed by atoms with E-state index in [9.17, 15) is 8.42 Å². The zero-order valence-electron chi connectivity index (χ0n) is 9.69. The SMILES string of the molecule is Cc1ccc(S(=O)(=O)NCCC/C=C/Cl)cc1. The molecule has 0 spiro atoms. The minimum absolute atomic E-state index is 0.302. The van der Waals surface area contributed by atoms with Crippen LogP contribution in [-0.4, -0.2) is 15.0 Å². The molecule has 0 saturated carbocycles. The maximum atomic E-state index is 11.8. The highest BCUT2D eigenvalue weighted by atomic mass is 35.5. The van der Waals surface area contributed by atoms with E-state index in [2.05, 4.69) is 4.72 Å². The third-order valence-electron chi connectivity index (χ3n) is 2.26. The molecule has 0 saturated heterocycles. The summed E-state index contributed by atoms with van der Waals surface area (Å²) in [7, 11) is -3.37. The fourth-order valence-electron chi connectivity index (χ4n) is 1.29. The van der Waals surface area contributed by atoms with Crippen molar-refractivity contribution in [3.05, 3.63) is 41.4 Å². The first-order chi connectivity index (χ1) is 8.06. The summed E-state index contributed by atoms with van der Waals surface area (Å²) in [5.74, 6) is 0. The van der Waals surface area contributed by atoms with Gasteiger partial charge in [0.15, 0.2) is 0 Å². The molecule has 1 N–H and O–H groups in total. The third-order valence-corrected chi connectivity index (χ3v) is 3.92. The highest BCUT2D eigenvalue weighted by Gasteiger charge is 2.11. The molecule has 0 aliphatic carbocycles. The van der Waals surface area contributed by atoms with Crippen LogP contribution in [0.3, 0.4) is 0 Å². The topological polar surface area (TPSA) is 46.2 Å². The number of sulfonamides is 1. The minimum atomic E-state index is -3.37. The van der Waals surface area contributed by atoms with Crippen LogP contribution in [0.15, 0.2) is 40.8 Å². The van der Waals surface area contributed by atoms with Crippen molar-refractivity contribution >= 4 is 21.6 Å². The van der Waals surface area contributed by atoms with E-state index in [1.165, 1.54) is 5.54 Å². The Labute approximate surface area is 108 Å². The Hall–Kier alpha value is -0.840. The van der Waals surface area contributed by atoms with Crippen LogP contribution in [0.4, 0.5) is 0 Å². The maximum absolute atomic E-state index is 11.8. The molecule has 1 aromatic carbocycles. The van der Waals surface area contributed by atoms with Gasteiger partial charge >= 0.3 is 0 Å². The summed E-state index contributed by atoms with van der Waals surface area (Å²) < 4.78 is 26.2. The Morgan fingerprint density at radius 2 is 1.94 bits per heavy atom. The van der Waals surface area contributed by atoms with E-state index in [4.69, 9.17) is 11.6 Å². The summed E-state index contributed by atoms with van der Waals surface area (Å²) in [5, 5.41) is 0. The number of hydrogen-bond donors (Lipinski definition) is 1. The van der Waals surface area contributed by atoms with Crippen molar-refractivity contribution in [2.24, 2.45) is 0 Å². The summed E-state index contributed by atoms with van der Waals surface area (Å²) in [5.41, 5.74) is 2.48. The van der Waals surface area contributed by atoms with Crippen molar-refractivity contribution in [1.29, 1.82) is 0 Å². The van der Waals surface area contributed by atoms with E-state index in [1.807, 2.05) is 6.92 Å². The van der Waals surface area contributed by atoms with Gasteiger partial charge in [-0.25, -0.2) is 13.1 Å². The number of benzene rings is 1. The number of rotatable bonds is 6. The van der Waals surface area contributed by atoms with Crippen molar-refractivity contribution < 1.29 is 8.42 Å². The van der Waals surface area contributed by atoms with E-state index in [1.54, 1.807) is 30.3 Å². The van der Waals surface area contributed by atoms with Crippen molar-refractivity contribution in [2.45, 2.75) is 24.7 Å². The number of hydrogen-bond acceptors (Lipinski definition) is 2. The van der Waals surface area contributed by atoms with Gasteiger partial charge in [-0.05, 0) is 31.9 Å². The molecule has 5 heteroatoms. The Kier molecular flexibility index (Phi) is 5.68. The van der Waals surface area contributed by atoms with Gasteiger partial charge in [0, 0.05) is 12.1 Å². The molecule has 0 aliphatic rings. The second-order valence-corrected chi connectivity index (χ2v) is 5.73. The van der Waals surface area contributed by atoms with Crippen LogP contribution in [-0.2, 0) is 10.0 Å². The molecule has 0 aromatic heterocycles. The predicted molar refractivity (Wildman–Crippen MR) is 70.6 cm³/mol. The molecule has 17 heavy (non-hydrogen) atoms. The van der Waals surface area contributed by atoms with E-state index >= 15 is 0 Å². The summed E-state index contributed by atoms with van der Waals surface area (Å²) in [6, 6.07) is 6.78. The number of nitrogens with one attached hydrogen (secondary N) is 1. The molecule has 94 valence electrons. The molecule has 0 bridgehead atoms. The second-order valence-electron chi connectivity index (χ2n) is 3.71. The molecule has 0 fully saturated rings. The van der Waals surface area contributed by atoms with Gasteiger partial charge in [-0.1, -0.05) is 35.4 Å². The van der Waals surface area contributed by atoms with Crippen LogP contribution in [0.5, 0.6) is 0 Å². The van der Waals surface area contributed by atoms with Gasteiger partial charge in [0.1, 0.15) is 0 Å². The van der Waals surface area contributed by atoms with Crippen molar-refractivity contribution in [1.82, 2.24) is 4.72 Å². The van der Waals surface area contributed by atoms with Crippen LogP contribution < -0.4 is 4.72 Å². The quantitative estimate of drug-likeness (QED) is 0.810. The van der Waals surface area contributed by atoms with Crippen LogP contribution in [0, 0.1) is 6.92 Å². The summed E-state index contributed by atoms with van der Waals surface area (Å²) in [6.07, 6.45) is 3.29. The van der Waals surface area contributed by atoms with Gasteiger partial charge in [0.2, 0.25) is 10.0 Å². The lowest BCUT2D eigenvalue weighted by Gasteiger charge is -2.06. The first-order valence-corrected chi connectivity index (χ1v) is 7.30. The first-order valence-electron chi connectivity index (χ1n) is 5.38. The highest BCUT2D eigenvalue weighted by molar-refractivity contribution is 7.89. The molecular weight excluding hydrogens is 258 g/mol. The van der Waals surface area contributed by atoms with Crippen LogP contribution in [0.25, 0.3) is 0 Å². The van der Waals surface area contributed by atoms with Gasteiger partial charge in [-0.15, -0.1) is 0 Å². The molecule has 0 heterocycles. The Morgan fingerprint density at radius 3 is 2.53 bits per heavy atom. The Balaban J connectivity index is 2.54. The number of allylic oxidation sites excluding steroid dienone is 1. The molecule has 1 aromatic rings. The molecule has 0 amide bonds. The summed E-state index contributed by atoms with van der Waals surface area (Å²) in [6.45, 7) is 2.33. The molecule has 1 rings (SSSR count). The van der Waals surface area contributed by atoms with E-state index < -0.39 is 10.0 Å². The van der Waals surface area contributed by atoms with Gasteiger partial charge in [0.25, 0.3) is 0 Å². The smallest absolute Gasteiger partial charge is 0.211 e. The lowest BCUT2D eigenvalue weighted by Crippen LogP contribution is -2.24. The van der Waals surface area contributed by atoms with Crippen molar-refractivity contribution in [3.63, 3.8) is 0 Å². The molecule has 0 aliphatic heterocycles. The monoisotopic (exact) mass is 273 g/mol. The average molecular weight is 274 g/mol. The van der Waals surface area contributed by atoms with Gasteiger partial charge in [-0.2, -0.15) is 0 Å². The Bertz CT molecular complexity index is 466. The summed E-state index contributed by atoms with van der Waals surface area (Å²) in [4.78, 5) is 0.302. The fourth-order valence-corrected chi connectivity index (χ4v) is 2.49. The standard InChI is InChI=1S/C12H16ClNO2S/c1-11-5-7-12(8-6-11)17(15,16)14-10-4-2-3-9-13/h3,5-9,14H,2,4,10H2,1H3/b9-3+. The molecule has 3 nitrogen and oxygen atoms in total. The van der Waals surface area contributed by atoms with Gasteiger partial charge < -0.3 is 0 Å². The molecule has 0 atom stereocenters. The van der Waals surface area contributed by atoms with Crippen molar-refractivity contribution in [3.8, 4) is 0 Å². The zero-order chi connectivity index (χ0) is 12.7. The third kappa shape index (κ3) is 4.89. The van der Waals surface area contributed by atoms with Crippen LogP contribution >= 0.6 is 11.6 Å². The lowest BCUT2D eigenvalue weighted by molar-refractivity contribution is 0.579. The largest absolute Gasteiger partial charge is 0.240 e. The van der Waals surface area contributed by atoms with Crippen LogP contribution in [0.1, 0.15) is 18.4 Å². The van der Waals surface area contributed by atoms with E-state index in [0.717, 1.165) is 18.4 Å². The number of aryl methyl sites for hydroxylation is 1. The number of unbranched alkanes of at least 4 members (excludes halogenated alkanes) is 1. The van der Waals surface area contributed by atoms with Gasteiger partial charge in [-0.3, -0.25) is 0 Å². The van der Waals surface area contributed by atoms with Gasteiger partial charge in [0.05, 0.1) is 4.90 Å². The minimum Gasteiger partial charge on any atom is -0.211 e. The maximum Gasteiger partial charge on any atom is 0.240 e. The highest BCUT2D eigenvalue weighted by Crippen LogP contribution is 2.09. The average Bonchev–Trinajstić information content (AvgIpc) is 2.29. The van der Waals surface area contributed by atoms with Crippen molar-refractivity contribution in [2.75, 3.05) is 6.54 Å². The molecular formula is C12H16ClNO2S. The molecule has 0 unspecified atom stereocenters.